The lowest BCUT2D eigenvalue weighted by atomic mass is 10.1. The molecule has 0 fully saturated rings. The molecule has 0 spiro atoms. The predicted molar refractivity (Wildman–Crippen MR) is 74.1 cm³/mol. The van der Waals surface area contributed by atoms with Crippen molar-refractivity contribution in [1.29, 1.82) is 0 Å². The van der Waals surface area contributed by atoms with Crippen LogP contribution in [0, 0.1) is 5.82 Å². The maximum atomic E-state index is 13.3. The van der Waals surface area contributed by atoms with Crippen molar-refractivity contribution in [2.45, 2.75) is 19.4 Å². The minimum atomic E-state index is -0.404. The molecule has 0 aliphatic rings. The second-order valence-electron chi connectivity index (χ2n) is 4.55. The number of hydrogen-bond donors (Lipinski definition) is 2. The minimum absolute atomic E-state index is 0.101. The second kappa shape index (κ2) is 8.50. The molecule has 1 unspecified atom stereocenters. The lowest BCUT2D eigenvalue weighted by Gasteiger charge is -2.13. The monoisotopic (exact) mass is 284 g/mol. The summed E-state index contributed by atoms with van der Waals surface area (Å²) in [6, 6.07) is 4.23. The fraction of sp³-hybridized carbons (Fsp3) is 0.500. The van der Waals surface area contributed by atoms with E-state index < -0.39 is 5.82 Å². The number of halogens is 1. The highest BCUT2D eigenvalue weighted by Crippen LogP contribution is 2.16. The Hall–Kier alpha value is -1.66. The van der Waals surface area contributed by atoms with Crippen LogP contribution in [0.1, 0.15) is 12.5 Å². The van der Waals surface area contributed by atoms with Gasteiger partial charge in [0.1, 0.15) is 11.6 Å². The van der Waals surface area contributed by atoms with Crippen LogP contribution in [-0.4, -0.2) is 38.8 Å². The van der Waals surface area contributed by atoms with Crippen LogP contribution in [-0.2, 0) is 16.0 Å². The predicted octanol–water partition coefficient (Wildman–Crippen LogP) is 0.857. The molecule has 5 nitrogen and oxygen atoms in total. The van der Waals surface area contributed by atoms with E-state index in [2.05, 4.69) is 5.32 Å². The van der Waals surface area contributed by atoms with E-state index in [1.807, 2.05) is 6.92 Å². The number of hydrogen-bond acceptors (Lipinski definition) is 4. The molecule has 20 heavy (non-hydrogen) atoms. The molecular formula is C14H21FN2O3. The van der Waals surface area contributed by atoms with Gasteiger partial charge in [-0.15, -0.1) is 0 Å². The summed E-state index contributed by atoms with van der Waals surface area (Å²) in [5.74, 6) is -0.360. The van der Waals surface area contributed by atoms with Crippen LogP contribution in [0.5, 0.6) is 5.75 Å². The van der Waals surface area contributed by atoms with E-state index in [0.29, 0.717) is 25.3 Å². The number of benzene rings is 1. The maximum Gasteiger partial charge on any atom is 0.258 e. The molecule has 1 atom stereocenters. The highest BCUT2D eigenvalue weighted by atomic mass is 19.1. The van der Waals surface area contributed by atoms with Gasteiger partial charge >= 0.3 is 0 Å². The first kappa shape index (κ1) is 16.4. The van der Waals surface area contributed by atoms with Gasteiger partial charge in [0.2, 0.25) is 0 Å². The number of amides is 1. The van der Waals surface area contributed by atoms with Crippen molar-refractivity contribution < 1.29 is 18.7 Å². The van der Waals surface area contributed by atoms with Crippen LogP contribution in [0.15, 0.2) is 18.2 Å². The molecule has 0 bridgehead atoms. The Kier molecular flexibility index (Phi) is 6.97. The molecular weight excluding hydrogens is 263 g/mol. The van der Waals surface area contributed by atoms with Gasteiger partial charge in [-0.25, -0.2) is 4.39 Å². The summed E-state index contributed by atoms with van der Waals surface area (Å²) in [5, 5.41) is 2.70. The summed E-state index contributed by atoms with van der Waals surface area (Å²) in [5.41, 5.74) is 6.17. The van der Waals surface area contributed by atoms with Crippen LogP contribution in [0.4, 0.5) is 4.39 Å². The Bertz CT molecular complexity index is 440. The van der Waals surface area contributed by atoms with E-state index in [-0.39, 0.29) is 18.6 Å². The van der Waals surface area contributed by atoms with Crippen molar-refractivity contribution in [3.05, 3.63) is 29.6 Å². The van der Waals surface area contributed by atoms with Gasteiger partial charge in [0.25, 0.3) is 5.91 Å². The van der Waals surface area contributed by atoms with Crippen molar-refractivity contribution in [3.63, 3.8) is 0 Å². The normalized spacial score (nSPS) is 12.0. The number of nitrogens with two attached hydrogens (primary N) is 1. The lowest BCUT2D eigenvalue weighted by Crippen LogP contribution is -2.38. The van der Waals surface area contributed by atoms with Crippen molar-refractivity contribution in [2.75, 3.05) is 26.9 Å². The number of rotatable bonds is 8. The third kappa shape index (κ3) is 5.99. The van der Waals surface area contributed by atoms with Crippen molar-refractivity contribution in [3.8, 4) is 5.75 Å². The third-order valence-corrected chi connectivity index (χ3v) is 2.56. The van der Waals surface area contributed by atoms with E-state index >= 15 is 0 Å². The molecule has 0 saturated carbocycles. The Labute approximate surface area is 118 Å². The topological polar surface area (TPSA) is 73.6 Å². The van der Waals surface area contributed by atoms with Gasteiger partial charge in [-0.05, 0) is 37.6 Å². The second-order valence-corrected chi connectivity index (χ2v) is 4.55. The molecule has 0 saturated heterocycles. The summed E-state index contributed by atoms with van der Waals surface area (Å²) in [6.45, 7) is 2.51. The van der Waals surface area contributed by atoms with Gasteiger partial charge in [-0.1, -0.05) is 0 Å². The van der Waals surface area contributed by atoms with Crippen LogP contribution < -0.4 is 15.8 Å². The Morgan fingerprint density at radius 3 is 2.85 bits per heavy atom. The van der Waals surface area contributed by atoms with Gasteiger partial charge in [-0.2, -0.15) is 0 Å². The number of nitrogens with one attached hydrogen (secondary N) is 1. The summed E-state index contributed by atoms with van der Waals surface area (Å²) in [6.07, 6.45) is 0.561. The Morgan fingerprint density at radius 1 is 1.45 bits per heavy atom. The van der Waals surface area contributed by atoms with Crippen LogP contribution >= 0.6 is 0 Å². The highest BCUT2D eigenvalue weighted by Gasteiger charge is 2.08. The van der Waals surface area contributed by atoms with Crippen molar-refractivity contribution in [2.24, 2.45) is 5.73 Å². The Balaban J connectivity index is 2.50. The average Bonchev–Trinajstić information content (AvgIpc) is 2.36. The quantitative estimate of drug-likeness (QED) is 0.742. The van der Waals surface area contributed by atoms with E-state index in [1.165, 1.54) is 12.1 Å². The summed E-state index contributed by atoms with van der Waals surface area (Å²) in [4.78, 5) is 11.6. The van der Waals surface area contributed by atoms with Crippen LogP contribution in [0.25, 0.3) is 0 Å². The van der Waals surface area contributed by atoms with Crippen LogP contribution in [0.2, 0.25) is 0 Å². The summed E-state index contributed by atoms with van der Waals surface area (Å²) < 4.78 is 23.5. The van der Waals surface area contributed by atoms with Gasteiger partial charge < -0.3 is 20.5 Å². The molecule has 1 aromatic rings. The average molecular weight is 284 g/mol. The molecule has 0 aliphatic heterocycles. The van der Waals surface area contributed by atoms with E-state index in [4.69, 9.17) is 15.2 Å². The minimum Gasteiger partial charge on any atom is -0.484 e. The van der Waals surface area contributed by atoms with Crippen molar-refractivity contribution >= 4 is 5.91 Å². The zero-order valence-electron chi connectivity index (χ0n) is 11.8. The Morgan fingerprint density at radius 2 is 2.20 bits per heavy atom. The SMILES string of the molecule is COCC(C)NC(=O)COc1cc(F)cc(CCN)c1. The van der Waals surface area contributed by atoms with E-state index in [0.717, 1.165) is 5.56 Å². The fourth-order valence-corrected chi connectivity index (χ4v) is 1.77. The first-order valence-electron chi connectivity index (χ1n) is 6.45. The molecule has 6 heteroatoms. The zero-order valence-corrected chi connectivity index (χ0v) is 11.8. The maximum absolute atomic E-state index is 13.3. The smallest absolute Gasteiger partial charge is 0.258 e. The lowest BCUT2D eigenvalue weighted by molar-refractivity contribution is -0.124. The molecule has 0 aromatic heterocycles. The highest BCUT2D eigenvalue weighted by molar-refractivity contribution is 5.77. The fourth-order valence-electron chi connectivity index (χ4n) is 1.77. The molecule has 1 aromatic carbocycles. The largest absolute Gasteiger partial charge is 0.484 e. The first-order valence-corrected chi connectivity index (χ1v) is 6.45. The van der Waals surface area contributed by atoms with E-state index in [9.17, 15) is 9.18 Å². The number of methoxy groups -OCH3 is 1. The number of carbonyl (C=O) groups excluding carboxylic acids is 1. The standard InChI is InChI=1S/C14H21FN2O3/c1-10(8-19-2)17-14(18)9-20-13-6-11(3-4-16)5-12(15)7-13/h5-7,10H,3-4,8-9,16H2,1-2H3,(H,17,18). The first-order chi connectivity index (χ1) is 9.55. The molecule has 0 radical (unpaired) electrons. The molecule has 112 valence electrons. The van der Waals surface area contributed by atoms with E-state index in [1.54, 1.807) is 13.2 Å². The van der Waals surface area contributed by atoms with Gasteiger partial charge in [0, 0.05) is 19.2 Å². The molecule has 0 heterocycles. The van der Waals surface area contributed by atoms with Gasteiger partial charge in [-0.3, -0.25) is 4.79 Å². The zero-order chi connectivity index (χ0) is 15.0. The molecule has 0 aliphatic carbocycles. The van der Waals surface area contributed by atoms with Gasteiger partial charge in [0.05, 0.1) is 6.61 Å². The van der Waals surface area contributed by atoms with Crippen LogP contribution in [0.3, 0.4) is 0 Å². The molecule has 1 rings (SSSR count). The van der Waals surface area contributed by atoms with Gasteiger partial charge in [0.15, 0.2) is 6.61 Å². The third-order valence-electron chi connectivity index (χ3n) is 2.56. The molecule has 3 N–H and O–H groups in total. The summed E-state index contributed by atoms with van der Waals surface area (Å²) in [7, 11) is 1.56. The molecule has 1 amide bonds. The van der Waals surface area contributed by atoms with Crippen molar-refractivity contribution in [1.82, 2.24) is 5.32 Å². The number of carbonyl (C=O) groups is 1. The number of ether oxygens (including phenoxy) is 2. The summed E-state index contributed by atoms with van der Waals surface area (Å²) >= 11 is 0.